The number of unbranched alkanes of at least 4 members (excludes halogenated alkanes) is 1. The van der Waals surface area contributed by atoms with E-state index in [0.29, 0.717) is 30.6 Å². The van der Waals surface area contributed by atoms with E-state index in [1.54, 1.807) is 0 Å². The number of amides is 2. The fraction of sp³-hybridized carbons (Fsp3) is 0.652. The first-order valence-electron chi connectivity index (χ1n) is 10.8. The number of rotatable bonds is 8. The SMILES string of the molecule is O=C(CC[C@H]1CCCN(C(=O)CCCCc2ccccc2)C1)N1CCCC1. The van der Waals surface area contributed by atoms with E-state index in [1.807, 2.05) is 11.0 Å². The van der Waals surface area contributed by atoms with E-state index in [2.05, 4.69) is 29.2 Å². The van der Waals surface area contributed by atoms with Crippen molar-refractivity contribution in [2.45, 2.75) is 64.2 Å². The van der Waals surface area contributed by atoms with Gasteiger partial charge < -0.3 is 9.80 Å². The average Bonchev–Trinajstić information content (AvgIpc) is 3.25. The molecule has 1 atom stereocenters. The Labute approximate surface area is 163 Å². The van der Waals surface area contributed by atoms with Gasteiger partial charge in [-0.15, -0.1) is 0 Å². The van der Waals surface area contributed by atoms with E-state index in [1.165, 1.54) is 5.56 Å². The third-order valence-electron chi connectivity index (χ3n) is 6.05. The van der Waals surface area contributed by atoms with Crippen molar-refractivity contribution in [1.82, 2.24) is 9.80 Å². The highest BCUT2D eigenvalue weighted by Gasteiger charge is 2.25. The molecule has 0 aromatic heterocycles. The van der Waals surface area contributed by atoms with Crippen LogP contribution in [0.1, 0.15) is 63.4 Å². The maximum atomic E-state index is 12.6. The largest absolute Gasteiger partial charge is 0.343 e. The van der Waals surface area contributed by atoms with Crippen molar-refractivity contribution in [3.8, 4) is 0 Å². The van der Waals surface area contributed by atoms with Crippen LogP contribution < -0.4 is 0 Å². The highest BCUT2D eigenvalue weighted by Crippen LogP contribution is 2.23. The maximum Gasteiger partial charge on any atom is 0.222 e. The van der Waals surface area contributed by atoms with Crippen LogP contribution in [-0.2, 0) is 16.0 Å². The summed E-state index contributed by atoms with van der Waals surface area (Å²) >= 11 is 0. The zero-order chi connectivity index (χ0) is 18.9. The molecule has 0 N–H and O–H groups in total. The number of likely N-dealkylation sites (tertiary alicyclic amines) is 2. The summed E-state index contributed by atoms with van der Waals surface area (Å²) in [7, 11) is 0. The zero-order valence-electron chi connectivity index (χ0n) is 16.6. The number of hydrogen-bond acceptors (Lipinski definition) is 2. The molecule has 2 aliphatic rings. The summed E-state index contributed by atoms with van der Waals surface area (Å²) in [6.45, 7) is 3.63. The van der Waals surface area contributed by atoms with Crippen molar-refractivity contribution in [2.24, 2.45) is 5.92 Å². The van der Waals surface area contributed by atoms with Crippen LogP contribution in [0.25, 0.3) is 0 Å². The first-order chi connectivity index (χ1) is 13.2. The van der Waals surface area contributed by atoms with Gasteiger partial charge in [-0.2, -0.15) is 0 Å². The van der Waals surface area contributed by atoms with Crippen LogP contribution >= 0.6 is 0 Å². The van der Waals surface area contributed by atoms with Crippen molar-refractivity contribution < 1.29 is 9.59 Å². The molecule has 148 valence electrons. The normalized spacial score (nSPS) is 20.1. The molecule has 4 heteroatoms. The third kappa shape index (κ3) is 6.37. The van der Waals surface area contributed by atoms with Gasteiger partial charge in [-0.25, -0.2) is 0 Å². The van der Waals surface area contributed by atoms with Gasteiger partial charge in [-0.05, 0) is 62.8 Å². The Kier molecular flexibility index (Phi) is 7.73. The summed E-state index contributed by atoms with van der Waals surface area (Å²) in [6, 6.07) is 10.5. The topological polar surface area (TPSA) is 40.6 Å². The van der Waals surface area contributed by atoms with E-state index in [-0.39, 0.29) is 0 Å². The first kappa shape index (κ1) is 19.9. The van der Waals surface area contributed by atoms with Gasteiger partial charge in [-0.3, -0.25) is 9.59 Å². The maximum absolute atomic E-state index is 12.6. The van der Waals surface area contributed by atoms with E-state index >= 15 is 0 Å². The molecule has 27 heavy (non-hydrogen) atoms. The molecule has 2 fully saturated rings. The fourth-order valence-corrected chi connectivity index (χ4v) is 4.39. The van der Waals surface area contributed by atoms with Crippen LogP contribution in [0.5, 0.6) is 0 Å². The molecular weight excluding hydrogens is 336 g/mol. The van der Waals surface area contributed by atoms with Crippen molar-refractivity contribution >= 4 is 11.8 Å². The zero-order valence-corrected chi connectivity index (χ0v) is 16.6. The highest BCUT2D eigenvalue weighted by molar-refractivity contribution is 5.77. The van der Waals surface area contributed by atoms with Crippen molar-refractivity contribution in [2.75, 3.05) is 26.2 Å². The number of hydrogen-bond donors (Lipinski definition) is 0. The number of carbonyl (C=O) groups is 2. The quantitative estimate of drug-likeness (QED) is 0.648. The Morgan fingerprint density at radius 3 is 2.33 bits per heavy atom. The number of nitrogens with zero attached hydrogens (tertiary/aromatic N) is 2. The lowest BCUT2D eigenvalue weighted by molar-refractivity contribution is -0.133. The molecule has 2 saturated heterocycles. The molecule has 0 spiro atoms. The van der Waals surface area contributed by atoms with Gasteiger partial charge in [0, 0.05) is 39.0 Å². The lowest BCUT2D eigenvalue weighted by atomic mass is 9.92. The molecule has 0 radical (unpaired) electrons. The van der Waals surface area contributed by atoms with E-state index in [0.717, 1.165) is 77.5 Å². The molecule has 0 aliphatic carbocycles. The van der Waals surface area contributed by atoms with Gasteiger partial charge in [0.1, 0.15) is 0 Å². The fourth-order valence-electron chi connectivity index (χ4n) is 4.39. The molecule has 0 unspecified atom stereocenters. The third-order valence-corrected chi connectivity index (χ3v) is 6.05. The van der Waals surface area contributed by atoms with Gasteiger partial charge in [0.15, 0.2) is 0 Å². The van der Waals surface area contributed by atoms with Gasteiger partial charge in [0.2, 0.25) is 11.8 Å². The highest BCUT2D eigenvalue weighted by atomic mass is 16.2. The second kappa shape index (κ2) is 10.5. The Hall–Kier alpha value is -1.84. The van der Waals surface area contributed by atoms with Crippen molar-refractivity contribution in [3.05, 3.63) is 35.9 Å². The van der Waals surface area contributed by atoms with Crippen LogP contribution in [0.4, 0.5) is 0 Å². The van der Waals surface area contributed by atoms with Crippen LogP contribution in [0, 0.1) is 5.92 Å². The smallest absolute Gasteiger partial charge is 0.222 e. The summed E-state index contributed by atoms with van der Waals surface area (Å²) in [5, 5.41) is 0. The van der Waals surface area contributed by atoms with Gasteiger partial charge in [0.25, 0.3) is 0 Å². The van der Waals surface area contributed by atoms with Gasteiger partial charge >= 0.3 is 0 Å². The molecule has 0 saturated carbocycles. The Bertz CT molecular complexity index is 596. The predicted molar refractivity (Wildman–Crippen MR) is 108 cm³/mol. The Morgan fingerprint density at radius 2 is 1.56 bits per heavy atom. The summed E-state index contributed by atoms with van der Waals surface area (Å²) in [6.07, 6.45) is 9.88. The summed E-state index contributed by atoms with van der Waals surface area (Å²) < 4.78 is 0. The molecule has 4 nitrogen and oxygen atoms in total. The second-order valence-electron chi connectivity index (χ2n) is 8.17. The standard InChI is InChI=1S/C23H34N2O2/c26-22(13-5-4-11-20-9-2-1-3-10-20)25-18-8-12-21(19-25)14-15-23(27)24-16-6-7-17-24/h1-3,9-10,21H,4-8,11-19H2/t21-/m1/s1. The number of benzene rings is 1. The molecule has 3 rings (SSSR count). The van der Waals surface area contributed by atoms with Gasteiger partial charge in [0.05, 0.1) is 0 Å². The van der Waals surface area contributed by atoms with Crippen molar-refractivity contribution in [1.29, 1.82) is 0 Å². The second-order valence-corrected chi connectivity index (χ2v) is 8.17. The van der Waals surface area contributed by atoms with Crippen LogP contribution in [0.3, 0.4) is 0 Å². The monoisotopic (exact) mass is 370 g/mol. The minimum absolute atomic E-state index is 0.304. The number of aryl methyl sites for hydroxylation is 1. The lowest BCUT2D eigenvalue weighted by Gasteiger charge is -2.33. The van der Waals surface area contributed by atoms with E-state index in [4.69, 9.17) is 0 Å². The minimum atomic E-state index is 0.304. The number of piperidine rings is 1. The summed E-state index contributed by atoms with van der Waals surface area (Å²) in [4.78, 5) is 28.9. The lowest BCUT2D eigenvalue weighted by Crippen LogP contribution is -2.40. The van der Waals surface area contributed by atoms with Crippen LogP contribution in [0.2, 0.25) is 0 Å². The van der Waals surface area contributed by atoms with Gasteiger partial charge in [-0.1, -0.05) is 30.3 Å². The molecule has 2 amide bonds. The summed E-state index contributed by atoms with van der Waals surface area (Å²) in [5.41, 5.74) is 1.35. The molecule has 2 heterocycles. The van der Waals surface area contributed by atoms with E-state index in [9.17, 15) is 9.59 Å². The van der Waals surface area contributed by atoms with Crippen molar-refractivity contribution in [3.63, 3.8) is 0 Å². The predicted octanol–water partition coefficient (Wildman–Crippen LogP) is 4.04. The molecule has 2 aliphatic heterocycles. The minimum Gasteiger partial charge on any atom is -0.343 e. The molecular formula is C23H34N2O2. The summed E-state index contributed by atoms with van der Waals surface area (Å²) in [5.74, 6) is 1.12. The molecule has 0 bridgehead atoms. The Morgan fingerprint density at radius 1 is 0.852 bits per heavy atom. The number of carbonyl (C=O) groups excluding carboxylic acids is 2. The Balaban J connectivity index is 1.33. The molecule has 1 aromatic rings. The van der Waals surface area contributed by atoms with E-state index < -0.39 is 0 Å². The molecule has 1 aromatic carbocycles. The van der Waals surface area contributed by atoms with Crippen LogP contribution in [0.15, 0.2) is 30.3 Å². The first-order valence-corrected chi connectivity index (χ1v) is 10.8. The average molecular weight is 371 g/mol. The van der Waals surface area contributed by atoms with Crippen LogP contribution in [-0.4, -0.2) is 47.8 Å².